The fraction of sp³-hybridized carbons (Fsp3) is 0.667. The highest BCUT2D eigenvalue weighted by Crippen LogP contribution is 2.06. The number of allylic oxidation sites excluding steroid dienone is 3. The molecule has 0 aromatic rings. The minimum Gasteiger partial charge on any atom is -0.151 e. The van der Waals surface area contributed by atoms with Gasteiger partial charge in [0.25, 0.3) is 0 Å². The van der Waals surface area contributed by atoms with E-state index < -0.39 is 0 Å². The third kappa shape index (κ3) is 11.8. The van der Waals surface area contributed by atoms with E-state index in [0.29, 0.717) is 0 Å². The Bertz CT molecular complexity index is 136. The van der Waals surface area contributed by atoms with Crippen molar-refractivity contribution in [1.82, 2.24) is 0 Å². The Morgan fingerprint density at radius 1 is 0.923 bits per heavy atom. The van der Waals surface area contributed by atoms with Gasteiger partial charge < -0.3 is 0 Å². The summed E-state index contributed by atoms with van der Waals surface area (Å²) in [5.74, 6) is 0. The first-order valence-electron chi connectivity index (χ1n) is 5.37. The van der Waals surface area contributed by atoms with E-state index in [1.807, 2.05) is 6.08 Å². The van der Waals surface area contributed by atoms with Crippen LogP contribution in [0.3, 0.4) is 0 Å². The molecule has 76 valence electrons. The molecule has 0 amide bonds. The number of hydrogen-bond donors (Lipinski definition) is 1. The van der Waals surface area contributed by atoms with Gasteiger partial charge in [0.2, 0.25) is 0 Å². The van der Waals surface area contributed by atoms with E-state index in [0.717, 1.165) is 0 Å². The zero-order valence-electron chi connectivity index (χ0n) is 8.71. The fourth-order valence-electron chi connectivity index (χ4n) is 1.27. The molecule has 0 saturated heterocycles. The third-order valence-corrected chi connectivity index (χ3v) is 2.23. The van der Waals surface area contributed by atoms with Crippen molar-refractivity contribution in [3.05, 3.63) is 23.6 Å². The summed E-state index contributed by atoms with van der Waals surface area (Å²) in [6.07, 6.45) is 15.7. The van der Waals surface area contributed by atoms with Crippen LogP contribution in [0.1, 0.15) is 51.9 Å². The second-order valence-corrected chi connectivity index (χ2v) is 3.62. The molecule has 0 aliphatic carbocycles. The van der Waals surface area contributed by atoms with E-state index in [-0.39, 0.29) is 0 Å². The molecular formula is C12H22S. The lowest BCUT2D eigenvalue weighted by atomic mass is 10.1. The quantitative estimate of drug-likeness (QED) is 0.325. The Kier molecular flexibility index (Phi) is 11.7. The Morgan fingerprint density at radius 2 is 1.62 bits per heavy atom. The molecule has 0 aliphatic rings. The molecule has 0 spiro atoms. The molecule has 0 radical (unpaired) electrons. The maximum Gasteiger partial charge on any atom is -0.0324 e. The van der Waals surface area contributed by atoms with Gasteiger partial charge in [0.05, 0.1) is 0 Å². The molecule has 13 heavy (non-hydrogen) atoms. The van der Waals surface area contributed by atoms with E-state index in [1.165, 1.54) is 44.9 Å². The standard InChI is InChI=1S/C12H22S/c1-2-3-4-5-6-7-8-9-10-11-12-13/h9-13H,2-8H2,1H3. The van der Waals surface area contributed by atoms with Crippen molar-refractivity contribution in [3.8, 4) is 0 Å². The first kappa shape index (κ1) is 12.8. The van der Waals surface area contributed by atoms with Gasteiger partial charge >= 0.3 is 0 Å². The van der Waals surface area contributed by atoms with Gasteiger partial charge in [0, 0.05) is 0 Å². The summed E-state index contributed by atoms with van der Waals surface area (Å²) in [7, 11) is 0. The monoisotopic (exact) mass is 198 g/mol. The minimum absolute atomic E-state index is 1.21. The molecule has 0 unspecified atom stereocenters. The summed E-state index contributed by atoms with van der Waals surface area (Å²) in [4.78, 5) is 0. The van der Waals surface area contributed by atoms with Crippen LogP contribution in [0.5, 0.6) is 0 Å². The maximum atomic E-state index is 3.97. The van der Waals surface area contributed by atoms with Crippen molar-refractivity contribution in [1.29, 1.82) is 0 Å². The van der Waals surface area contributed by atoms with Crippen LogP contribution in [0.15, 0.2) is 23.6 Å². The molecule has 0 atom stereocenters. The van der Waals surface area contributed by atoms with Gasteiger partial charge in [0.1, 0.15) is 0 Å². The predicted molar refractivity (Wildman–Crippen MR) is 65.3 cm³/mol. The Labute approximate surface area is 88.5 Å². The fourth-order valence-corrected chi connectivity index (χ4v) is 1.37. The van der Waals surface area contributed by atoms with Crippen molar-refractivity contribution in [2.24, 2.45) is 0 Å². The van der Waals surface area contributed by atoms with Crippen molar-refractivity contribution < 1.29 is 0 Å². The van der Waals surface area contributed by atoms with E-state index in [1.54, 1.807) is 5.41 Å². The Balaban J connectivity index is 2.99. The molecule has 0 saturated carbocycles. The molecule has 0 aromatic heterocycles. The van der Waals surface area contributed by atoms with E-state index in [4.69, 9.17) is 0 Å². The molecule has 0 heterocycles. The SMILES string of the molecule is CCCCCCCCC=CC=CS. The summed E-state index contributed by atoms with van der Waals surface area (Å²) in [6.45, 7) is 2.26. The second-order valence-electron chi connectivity index (χ2n) is 3.33. The van der Waals surface area contributed by atoms with Gasteiger partial charge in [-0.3, -0.25) is 0 Å². The highest BCUT2D eigenvalue weighted by atomic mass is 32.1. The molecule has 0 aromatic carbocycles. The molecule has 0 nitrogen and oxygen atoms in total. The van der Waals surface area contributed by atoms with E-state index >= 15 is 0 Å². The zero-order chi connectivity index (χ0) is 9.78. The summed E-state index contributed by atoms with van der Waals surface area (Å²) < 4.78 is 0. The number of thiol groups is 1. The van der Waals surface area contributed by atoms with Gasteiger partial charge in [0.15, 0.2) is 0 Å². The zero-order valence-corrected chi connectivity index (χ0v) is 9.60. The lowest BCUT2D eigenvalue weighted by Gasteiger charge is -1.97. The van der Waals surface area contributed by atoms with Crippen molar-refractivity contribution >= 4 is 12.6 Å². The van der Waals surface area contributed by atoms with E-state index in [9.17, 15) is 0 Å². The third-order valence-electron chi connectivity index (χ3n) is 2.06. The molecule has 0 N–H and O–H groups in total. The first-order valence-corrected chi connectivity index (χ1v) is 5.89. The van der Waals surface area contributed by atoms with Crippen molar-refractivity contribution in [2.75, 3.05) is 0 Å². The van der Waals surface area contributed by atoms with Crippen LogP contribution in [-0.2, 0) is 0 Å². The number of rotatable bonds is 8. The van der Waals surface area contributed by atoms with Gasteiger partial charge in [-0.05, 0) is 18.2 Å². The Hall–Kier alpha value is -0.170. The van der Waals surface area contributed by atoms with Crippen LogP contribution in [0.25, 0.3) is 0 Å². The van der Waals surface area contributed by atoms with Gasteiger partial charge in [-0.1, -0.05) is 57.3 Å². The summed E-state index contributed by atoms with van der Waals surface area (Å²) in [5, 5.41) is 1.76. The van der Waals surface area contributed by atoms with Crippen molar-refractivity contribution in [2.45, 2.75) is 51.9 Å². The van der Waals surface area contributed by atoms with Crippen LogP contribution in [-0.4, -0.2) is 0 Å². The second kappa shape index (κ2) is 11.8. The lowest BCUT2D eigenvalue weighted by molar-refractivity contribution is 0.611. The summed E-state index contributed by atoms with van der Waals surface area (Å²) >= 11 is 3.97. The van der Waals surface area contributed by atoms with Crippen molar-refractivity contribution in [3.63, 3.8) is 0 Å². The predicted octanol–water partition coefficient (Wildman–Crippen LogP) is 4.74. The maximum absolute atomic E-state index is 3.97. The molecule has 0 bridgehead atoms. The van der Waals surface area contributed by atoms with Crippen LogP contribution in [0, 0.1) is 0 Å². The largest absolute Gasteiger partial charge is 0.151 e. The number of hydrogen-bond acceptors (Lipinski definition) is 1. The Morgan fingerprint density at radius 3 is 2.31 bits per heavy atom. The summed E-state index contributed by atoms with van der Waals surface area (Å²) in [5.41, 5.74) is 0. The lowest BCUT2D eigenvalue weighted by Crippen LogP contribution is -1.77. The molecule has 0 fully saturated rings. The molecular weight excluding hydrogens is 176 g/mol. The minimum atomic E-state index is 1.21. The van der Waals surface area contributed by atoms with Gasteiger partial charge in [-0.2, -0.15) is 12.6 Å². The molecule has 1 heteroatoms. The average molecular weight is 198 g/mol. The average Bonchev–Trinajstić information content (AvgIpc) is 2.16. The normalized spacial score (nSPS) is 11.8. The van der Waals surface area contributed by atoms with Gasteiger partial charge in [-0.15, -0.1) is 0 Å². The topological polar surface area (TPSA) is 0 Å². The molecule has 0 rings (SSSR count). The van der Waals surface area contributed by atoms with Crippen LogP contribution in [0.4, 0.5) is 0 Å². The van der Waals surface area contributed by atoms with Crippen LogP contribution >= 0.6 is 12.6 Å². The van der Waals surface area contributed by atoms with Crippen LogP contribution < -0.4 is 0 Å². The number of unbranched alkanes of at least 4 members (excludes halogenated alkanes) is 6. The molecule has 0 aliphatic heterocycles. The van der Waals surface area contributed by atoms with Gasteiger partial charge in [-0.25, -0.2) is 0 Å². The summed E-state index contributed by atoms with van der Waals surface area (Å²) in [6, 6.07) is 0. The smallest absolute Gasteiger partial charge is 0.0324 e. The van der Waals surface area contributed by atoms with Crippen LogP contribution in [0.2, 0.25) is 0 Å². The van der Waals surface area contributed by atoms with E-state index in [2.05, 4.69) is 31.7 Å². The first-order chi connectivity index (χ1) is 6.41. The highest BCUT2D eigenvalue weighted by molar-refractivity contribution is 7.83. The highest BCUT2D eigenvalue weighted by Gasteiger charge is 1.87.